The van der Waals surface area contributed by atoms with E-state index in [1.165, 1.54) is 0 Å². The van der Waals surface area contributed by atoms with Crippen molar-refractivity contribution in [2.24, 2.45) is 0 Å². The first kappa shape index (κ1) is 15.6. The quantitative estimate of drug-likeness (QED) is 0.697. The largest absolute Gasteiger partial charge is 0.492 e. The molecular formula is C19H19NO2S. The average molecular weight is 325 g/mol. The summed E-state index contributed by atoms with van der Waals surface area (Å²) >= 11 is 1.56. The maximum absolute atomic E-state index is 12.7. The lowest BCUT2D eigenvalue weighted by Gasteiger charge is -2.17. The third kappa shape index (κ3) is 3.37. The van der Waals surface area contributed by atoms with Gasteiger partial charge in [0.1, 0.15) is 12.4 Å². The van der Waals surface area contributed by atoms with Gasteiger partial charge in [-0.25, -0.2) is 0 Å². The smallest absolute Gasteiger partial charge is 0.264 e. The molecule has 0 saturated heterocycles. The summed E-state index contributed by atoms with van der Waals surface area (Å²) < 4.78 is 6.82. The Morgan fingerprint density at radius 3 is 2.52 bits per heavy atom. The number of hydrogen-bond donors (Lipinski definition) is 0. The summed E-state index contributed by atoms with van der Waals surface area (Å²) in [4.78, 5) is 15.2. The number of thiophene rings is 1. The highest BCUT2D eigenvalue weighted by molar-refractivity contribution is 7.21. The van der Waals surface area contributed by atoms with Gasteiger partial charge in [0.2, 0.25) is 0 Å². The molecule has 0 N–H and O–H groups in total. The van der Waals surface area contributed by atoms with Crippen LogP contribution in [0.1, 0.15) is 15.2 Å². The average Bonchev–Trinajstić information content (AvgIpc) is 2.92. The minimum absolute atomic E-state index is 0.0559. The van der Waals surface area contributed by atoms with Crippen molar-refractivity contribution in [3.8, 4) is 5.75 Å². The van der Waals surface area contributed by atoms with E-state index in [-0.39, 0.29) is 5.91 Å². The molecule has 0 unspecified atom stereocenters. The topological polar surface area (TPSA) is 29.5 Å². The van der Waals surface area contributed by atoms with Gasteiger partial charge in [0, 0.05) is 11.7 Å². The molecule has 0 spiro atoms. The van der Waals surface area contributed by atoms with E-state index in [1.54, 1.807) is 16.2 Å². The Kier molecular flexibility index (Phi) is 4.63. The van der Waals surface area contributed by atoms with E-state index in [0.717, 1.165) is 26.3 Å². The predicted molar refractivity (Wildman–Crippen MR) is 95.5 cm³/mol. The van der Waals surface area contributed by atoms with E-state index in [0.29, 0.717) is 13.2 Å². The molecule has 0 bridgehead atoms. The summed E-state index contributed by atoms with van der Waals surface area (Å²) in [6.07, 6.45) is 0. The first-order chi connectivity index (χ1) is 11.2. The Hall–Kier alpha value is -2.33. The Morgan fingerprint density at radius 1 is 1.09 bits per heavy atom. The number of carbonyl (C=O) groups excluding carboxylic acids is 1. The molecule has 0 radical (unpaired) electrons. The number of ether oxygens (including phenoxy) is 1. The van der Waals surface area contributed by atoms with Crippen LogP contribution in [0, 0.1) is 6.92 Å². The van der Waals surface area contributed by atoms with E-state index in [9.17, 15) is 4.79 Å². The van der Waals surface area contributed by atoms with Gasteiger partial charge in [-0.1, -0.05) is 36.4 Å². The number of aryl methyl sites for hydroxylation is 1. The molecule has 0 aliphatic carbocycles. The molecule has 3 aromatic rings. The number of fused-ring (bicyclic) bond motifs is 1. The summed E-state index contributed by atoms with van der Waals surface area (Å²) in [5, 5.41) is 1.16. The molecule has 2 aromatic carbocycles. The Balaban J connectivity index is 1.65. The zero-order valence-corrected chi connectivity index (χ0v) is 14.1. The highest BCUT2D eigenvalue weighted by Gasteiger charge is 2.18. The number of para-hydroxylation sites is 1. The summed E-state index contributed by atoms with van der Waals surface area (Å²) in [5.41, 5.74) is 1.06. The fraction of sp³-hybridized carbons (Fsp3) is 0.211. The highest BCUT2D eigenvalue weighted by Crippen LogP contribution is 2.31. The van der Waals surface area contributed by atoms with Gasteiger partial charge >= 0.3 is 0 Å². The molecule has 3 rings (SSSR count). The fourth-order valence-electron chi connectivity index (χ4n) is 2.47. The maximum atomic E-state index is 12.7. The van der Waals surface area contributed by atoms with Gasteiger partial charge in [0.05, 0.1) is 11.4 Å². The van der Waals surface area contributed by atoms with Gasteiger partial charge in [-0.3, -0.25) is 4.79 Å². The van der Waals surface area contributed by atoms with Gasteiger partial charge in [-0.15, -0.1) is 11.3 Å². The number of benzene rings is 2. The van der Waals surface area contributed by atoms with Crippen LogP contribution in [0.5, 0.6) is 5.75 Å². The monoisotopic (exact) mass is 325 g/mol. The van der Waals surface area contributed by atoms with Crippen molar-refractivity contribution in [2.75, 3.05) is 20.2 Å². The van der Waals surface area contributed by atoms with Crippen LogP contribution in [-0.4, -0.2) is 31.0 Å². The maximum Gasteiger partial charge on any atom is 0.264 e. The SMILES string of the molecule is Cc1c(C(=O)N(C)CCOc2ccccc2)sc2ccccc12. The minimum Gasteiger partial charge on any atom is -0.492 e. The standard InChI is InChI=1S/C19H19NO2S/c1-14-16-10-6-7-11-17(16)23-18(14)19(21)20(2)12-13-22-15-8-4-3-5-9-15/h3-11H,12-13H2,1-2H3. The third-order valence-corrected chi connectivity index (χ3v) is 5.08. The van der Waals surface area contributed by atoms with Crippen LogP contribution in [0.25, 0.3) is 10.1 Å². The number of carbonyl (C=O) groups is 1. The second kappa shape index (κ2) is 6.84. The number of likely N-dealkylation sites (N-methyl/N-ethyl adjacent to an activating group) is 1. The Bertz CT molecular complexity index is 811. The van der Waals surface area contributed by atoms with Gasteiger partial charge < -0.3 is 9.64 Å². The molecule has 1 heterocycles. The molecule has 0 saturated carbocycles. The van der Waals surface area contributed by atoms with Crippen molar-refractivity contribution in [3.05, 3.63) is 65.0 Å². The Morgan fingerprint density at radius 2 is 1.78 bits per heavy atom. The van der Waals surface area contributed by atoms with E-state index in [4.69, 9.17) is 4.74 Å². The first-order valence-corrected chi connectivity index (χ1v) is 8.40. The summed E-state index contributed by atoms with van der Waals surface area (Å²) in [6.45, 7) is 3.05. The van der Waals surface area contributed by atoms with Crippen molar-refractivity contribution >= 4 is 27.3 Å². The zero-order chi connectivity index (χ0) is 16.2. The van der Waals surface area contributed by atoms with Crippen molar-refractivity contribution in [3.63, 3.8) is 0 Å². The van der Waals surface area contributed by atoms with Crippen molar-refractivity contribution in [1.29, 1.82) is 0 Å². The minimum atomic E-state index is 0.0559. The number of nitrogens with zero attached hydrogens (tertiary/aromatic N) is 1. The predicted octanol–water partition coefficient (Wildman–Crippen LogP) is 4.36. The van der Waals surface area contributed by atoms with Gasteiger partial charge in [0.15, 0.2) is 0 Å². The fourth-order valence-corrected chi connectivity index (χ4v) is 3.67. The lowest BCUT2D eigenvalue weighted by atomic mass is 10.1. The van der Waals surface area contributed by atoms with Crippen LogP contribution in [0.2, 0.25) is 0 Å². The molecule has 23 heavy (non-hydrogen) atoms. The normalized spacial score (nSPS) is 10.7. The Labute approximate surface area is 140 Å². The molecule has 118 valence electrons. The highest BCUT2D eigenvalue weighted by atomic mass is 32.1. The van der Waals surface area contributed by atoms with Crippen LogP contribution in [0.3, 0.4) is 0 Å². The number of rotatable bonds is 5. The molecule has 1 amide bonds. The van der Waals surface area contributed by atoms with Crippen molar-refractivity contribution in [2.45, 2.75) is 6.92 Å². The molecule has 0 atom stereocenters. The van der Waals surface area contributed by atoms with E-state index in [2.05, 4.69) is 12.1 Å². The summed E-state index contributed by atoms with van der Waals surface area (Å²) in [5.74, 6) is 0.881. The lowest BCUT2D eigenvalue weighted by molar-refractivity contribution is 0.0778. The van der Waals surface area contributed by atoms with Gasteiger partial charge in [-0.2, -0.15) is 0 Å². The second-order valence-electron chi connectivity index (χ2n) is 5.44. The number of hydrogen-bond acceptors (Lipinski definition) is 3. The third-order valence-electron chi connectivity index (χ3n) is 3.82. The van der Waals surface area contributed by atoms with Crippen LogP contribution < -0.4 is 4.74 Å². The molecule has 4 heteroatoms. The van der Waals surface area contributed by atoms with Crippen molar-refractivity contribution < 1.29 is 9.53 Å². The molecular weight excluding hydrogens is 306 g/mol. The van der Waals surface area contributed by atoms with E-state index in [1.807, 2.05) is 56.4 Å². The van der Waals surface area contributed by atoms with Crippen LogP contribution >= 0.6 is 11.3 Å². The molecule has 0 fully saturated rings. The summed E-state index contributed by atoms with van der Waals surface area (Å²) in [6, 6.07) is 17.8. The first-order valence-electron chi connectivity index (χ1n) is 7.58. The zero-order valence-electron chi connectivity index (χ0n) is 13.3. The van der Waals surface area contributed by atoms with Crippen molar-refractivity contribution in [1.82, 2.24) is 4.90 Å². The number of amides is 1. The molecule has 1 aromatic heterocycles. The van der Waals surface area contributed by atoms with Crippen LogP contribution in [0.15, 0.2) is 54.6 Å². The van der Waals surface area contributed by atoms with Gasteiger partial charge in [-0.05, 0) is 36.1 Å². The molecule has 0 aliphatic heterocycles. The molecule has 3 nitrogen and oxygen atoms in total. The lowest BCUT2D eigenvalue weighted by Crippen LogP contribution is -2.30. The van der Waals surface area contributed by atoms with Gasteiger partial charge in [0.25, 0.3) is 5.91 Å². The van der Waals surface area contributed by atoms with Crippen LogP contribution in [-0.2, 0) is 0 Å². The van der Waals surface area contributed by atoms with Crippen LogP contribution in [0.4, 0.5) is 0 Å². The van der Waals surface area contributed by atoms with E-state index < -0.39 is 0 Å². The molecule has 0 aliphatic rings. The summed E-state index contributed by atoms with van der Waals surface area (Å²) in [7, 11) is 1.82. The second-order valence-corrected chi connectivity index (χ2v) is 6.49. The van der Waals surface area contributed by atoms with E-state index >= 15 is 0 Å².